The van der Waals surface area contributed by atoms with Crippen LogP contribution in [0.25, 0.3) is 0 Å². The minimum atomic E-state index is -4.49. The summed E-state index contributed by atoms with van der Waals surface area (Å²) < 4.78 is 37.7. The second kappa shape index (κ2) is 11.1. The van der Waals surface area contributed by atoms with Gasteiger partial charge in [0.15, 0.2) is 0 Å². The van der Waals surface area contributed by atoms with Gasteiger partial charge in [0.25, 0.3) is 0 Å². The van der Waals surface area contributed by atoms with Crippen LogP contribution < -0.4 is 16.0 Å². The molecule has 0 saturated carbocycles. The number of carbonyl (C=O) groups excluding carboxylic acids is 1. The molecule has 0 unspecified atom stereocenters. The second-order valence-electron chi connectivity index (χ2n) is 6.57. The highest BCUT2D eigenvalue weighted by atomic mass is 35.5. The van der Waals surface area contributed by atoms with Crippen molar-refractivity contribution in [2.24, 2.45) is 5.41 Å². The van der Waals surface area contributed by atoms with Crippen molar-refractivity contribution in [2.45, 2.75) is 32.4 Å². The molecule has 2 rings (SSSR count). The third-order valence-corrected chi connectivity index (χ3v) is 4.62. The molecule has 11 heteroatoms. The predicted octanol–water partition coefficient (Wildman–Crippen LogP) is 3.91. The molecule has 0 atom stereocenters. The summed E-state index contributed by atoms with van der Waals surface area (Å²) in [5, 5.41) is 8.86. The van der Waals surface area contributed by atoms with E-state index in [2.05, 4.69) is 27.9 Å². The molecule has 1 aromatic rings. The summed E-state index contributed by atoms with van der Waals surface area (Å²) in [6, 6.07) is 0.814. The van der Waals surface area contributed by atoms with E-state index in [1.165, 1.54) is 0 Å². The van der Waals surface area contributed by atoms with E-state index >= 15 is 0 Å². The molecule has 156 valence electrons. The Labute approximate surface area is 174 Å². The lowest BCUT2D eigenvalue weighted by atomic mass is 9.81. The third-order valence-electron chi connectivity index (χ3n) is 4.34. The summed E-state index contributed by atoms with van der Waals surface area (Å²) in [6.45, 7) is 4.91. The van der Waals surface area contributed by atoms with Crippen molar-refractivity contribution in [2.75, 3.05) is 31.5 Å². The van der Waals surface area contributed by atoms with Crippen molar-refractivity contribution >= 4 is 48.1 Å². The van der Waals surface area contributed by atoms with Crippen molar-refractivity contribution < 1.29 is 18.0 Å². The highest BCUT2D eigenvalue weighted by Gasteiger charge is 2.31. The van der Waals surface area contributed by atoms with Crippen LogP contribution in [-0.2, 0) is 11.0 Å². The average molecular weight is 452 g/mol. The Balaban J connectivity index is 0.00000338. The van der Waals surface area contributed by atoms with Gasteiger partial charge in [-0.3, -0.25) is 4.79 Å². The fourth-order valence-corrected chi connectivity index (χ4v) is 2.86. The van der Waals surface area contributed by atoms with Crippen LogP contribution in [0.4, 0.5) is 19.0 Å². The zero-order valence-corrected chi connectivity index (χ0v) is 17.2. The van der Waals surface area contributed by atoms with Gasteiger partial charge in [0.2, 0.25) is 5.91 Å². The van der Waals surface area contributed by atoms with Gasteiger partial charge in [-0.15, -0.1) is 24.8 Å². The SMILES string of the molecule is CC1(CNC(=O)CCNc2ncc(C(F)(F)F)cc2Cl)CCNCC1.Cl.Cl. The quantitative estimate of drug-likeness (QED) is 0.614. The van der Waals surface area contributed by atoms with Crippen LogP contribution in [0.5, 0.6) is 0 Å². The summed E-state index contributed by atoms with van der Waals surface area (Å²) in [7, 11) is 0. The van der Waals surface area contributed by atoms with E-state index in [1.54, 1.807) is 0 Å². The molecule has 0 radical (unpaired) electrons. The van der Waals surface area contributed by atoms with Crippen molar-refractivity contribution in [3.05, 3.63) is 22.8 Å². The number of aromatic nitrogens is 1. The van der Waals surface area contributed by atoms with E-state index in [1.807, 2.05) is 0 Å². The summed E-state index contributed by atoms with van der Waals surface area (Å²) >= 11 is 5.80. The first-order valence-corrected chi connectivity index (χ1v) is 8.51. The Hall–Kier alpha value is -0.960. The molecule has 3 N–H and O–H groups in total. The number of piperidine rings is 1. The van der Waals surface area contributed by atoms with Crippen LogP contribution >= 0.6 is 36.4 Å². The predicted molar refractivity (Wildman–Crippen MR) is 105 cm³/mol. The number of alkyl halides is 3. The zero-order chi connectivity index (χ0) is 18.5. The highest BCUT2D eigenvalue weighted by molar-refractivity contribution is 6.32. The van der Waals surface area contributed by atoms with E-state index in [4.69, 9.17) is 11.6 Å². The Kier molecular flexibility index (Phi) is 10.7. The molecule has 0 spiro atoms. The van der Waals surface area contributed by atoms with Gasteiger partial charge in [0.1, 0.15) is 5.82 Å². The van der Waals surface area contributed by atoms with Gasteiger partial charge in [-0.25, -0.2) is 4.98 Å². The molecule has 0 bridgehead atoms. The smallest absolute Gasteiger partial charge is 0.368 e. The van der Waals surface area contributed by atoms with Gasteiger partial charge in [0, 0.05) is 25.7 Å². The van der Waals surface area contributed by atoms with Gasteiger partial charge in [-0.2, -0.15) is 13.2 Å². The van der Waals surface area contributed by atoms with E-state index in [9.17, 15) is 18.0 Å². The number of amides is 1. The van der Waals surface area contributed by atoms with Crippen molar-refractivity contribution in [3.8, 4) is 0 Å². The number of nitrogens with zero attached hydrogens (tertiary/aromatic N) is 1. The first kappa shape index (κ1) is 26.0. The van der Waals surface area contributed by atoms with Crippen LogP contribution in [0.3, 0.4) is 0 Å². The Bertz CT molecular complexity index is 611. The van der Waals surface area contributed by atoms with Crippen LogP contribution in [0.15, 0.2) is 12.3 Å². The Morgan fingerprint density at radius 1 is 1.33 bits per heavy atom. The number of halogens is 6. The van der Waals surface area contributed by atoms with Crippen LogP contribution in [0.1, 0.15) is 31.7 Å². The molecule has 1 aliphatic rings. The zero-order valence-electron chi connectivity index (χ0n) is 14.8. The number of carbonyl (C=O) groups is 1. The van der Waals surface area contributed by atoms with Gasteiger partial charge < -0.3 is 16.0 Å². The summed E-state index contributed by atoms with van der Waals surface area (Å²) in [6.07, 6.45) is -1.56. The third kappa shape index (κ3) is 8.29. The number of hydrogen-bond donors (Lipinski definition) is 3. The maximum absolute atomic E-state index is 12.6. The lowest BCUT2D eigenvalue weighted by molar-refractivity contribution is -0.137. The first-order valence-electron chi connectivity index (χ1n) is 8.14. The molecule has 1 fully saturated rings. The molecule has 1 saturated heterocycles. The fraction of sp³-hybridized carbons (Fsp3) is 0.625. The first-order chi connectivity index (χ1) is 11.7. The topological polar surface area (TPSA) is 66.0 Å². The molecular weight excluding hydrogens is 428 g/mol. The average Bonchev–Trinajstić information content (AvgIpc) is 2.54. The number of nitrogens with one attached hydrogen (secondary N) is 3. The van der Waals surface area contributed by atoms with E-state index in [0.29, 0.717) is 12.7 Å². The number of anilines is 1. The normalized spacial score (nSPS) is 15.9. The number of hydrogen-bond acceptors (Lipinski definition) is 4. The summed E-state index contributed by atoms with van der Waals surface area (Å²) in [5.41, 5.74) is -0.803. The summed E-state index contributed by atoms with van der Waals surface area (Å²) in [5.74, 6) is 0.0167. The molecule has 1 aliphatic heterocycles. The molecule has 5 nitrogen and oxygen atoms in total. The molecule has 2 heterocycles. The largest absolute Gasteiger partial charge is 0.417 e. The van der Waals surface area contributed by atoms with E-state index in [0.717, 1.165) is 32.0 Å². The van der Waals surface area contributed by atoms with E-state index < -0.39 is 11.7 Å². The molecule has 1 aromatic heterocycles. The van der Waals surface area contributed by atoms with Gasteiger partial charge in [-0.05, 0) is 37.4 Å². The van der Waals surface area contributed by atoms with Crippen LogP contribution in [-0.4, -0.2) is 37.1 Å². The monoisotopic (exact) mass is 450 g/mol. The van der Waals surface area contributed by atoms with Crippen molar-refractivity contribution in [1.82, 2.24) is 15.6 Å². The molecule has 0 aromatic carbocycles. The number of pyridine rings is 1. The summed E-state index contributed by atoms with van der Waals surface area (Å²) in [4.78, 5) is 15.6. The van der Waals surface area contributed by atoms with Gasteiger partial charge in [0.05, 0.1) is 10.6 Å². The van der Waals surface area contributed by atoms with Crippen LogP contribution in [0.2, 0.25) is 5.02 Å². The Morgan fingerprint density at radius 3 is 2.52 bits per heavy atom. The highest BCUT2D eigenvalue weighted by Crippen LogP contribution is 2.32. The van der Waals surface area contributed by atoms with Crippen molar-refractivity contribution in [1.29, 1.82) is 0 Å². The minimum absolute atomic E-state index is 0. The molecule has 0 aliphatic carbocycles. The fourth-order valence-electron chi connectivity index (χ4n) is 2.62. The maximum Gasteiger partial charge on any atom is 0.417 e. The van der Waals surface area contributed by atoms with Gasteiger partial charge in [-0.1, -0.05) is 18.5 Å². The van der Waals surface area contributed by atoms with Crippen molar-refractivity contribution in [3.63, 3.8) is 0 Å². The van der Waals surface area contributed by atoms with Crippen LogP contribution in [0, 0.1) is 5.41 Å². The standard InChI is InChI=1S/C16H22ClF3N4O.2ClH/c1-15(3-6-21-7-4-15)10-24-13(25)2-5-22-14-12(17)8-11(9-23-14)16(18,19)20;;/h8-9,21H,2-7,10H2,1H3,(H,22,23)(H,24,25);2*1H. The number of rotatable bonds is 6. The lowest BCUT2D eigenvalue weighted by Crippen LogP contribution is -2.43. The maximum atomic E-state index is 12.6. The molecule has 1 amide bonds. The molecular formula is C16H24Cl3F3N4O. The lowest BCUT2D eigenvalue weighted by Gasteiger charge is -2.34. The van der Waals surface area contributed by atoms with E-state index in [-0.39, 0.29) is 59.9 Å². The Morgan fingerprint density at radius 2 is 1.96 bits per heavy atom. The van der Waals surface area contributed by atoms with Gasteiger partial charge >= 0.3 is 6.18 Å². The molecule has 27 heavy (non-hydrogen) atoms. The minimum Gasteiger partial charge on any atom is -0.368 e. The second-order valence-corrected chi connectivity index (χ2v) is 6.97.